The first-order valence-electron chi connectivity index (χ1n) is 11.4. The second-order valence-electron chi connectivity index (χ2n) is 8.47. The summed E-state index contributed by atoms with van der Waals surface area (Å²) in [6.07, 6.45) is 3.57. The third kappa shape index (κ3) is 5.03. The lowest BCUT2D eigenvalue weighted by atomic mass is 10.00. The molecule has 34 heavy (non-hydrogen) atoms. The Bertz CT molecular complexity index is 1170. The molecule has 1 saturated heterocycles. The molecule has 7 heteroatoms. The van der Waals surface area contributed by atoms with Gasteiger partial charge in [0, 0.05) is 62.3 Å². The zero-order valence-corrected chi connectivity index (χ0v) is 19.8. The number of ether oxygens (including phenoxy) is 1. The number of piperazine rings is 1. The van der Waals surface area contributed by atoms with Gasteiger partial charge in [-0.2, -0.15) is 0 Å². The Kier molecular flexibility index (Phi) is 7.11. The number of carbonyl (C=O) groups excluding carboxylic acids is 2. The van der Waals surface area contributed by atoms with Gasteiger partial charge in [0.2, 0.25) is 5.91 Å². The monoisotopic (exact) mass is 458 g/mol. The number of carbonyl (C=O) groups is 2. The molecule has 1 fully saturated rings. The van der Waals surface area contributed by atoms with Crippen LogP contribution in [0.2, 0.25) is 0 Å². The zero-order chi connectivity index (χ0) is 24.1. The summed E-state index contributed by atoms with van der Waals surface area (Å²) in [5, 5.41) is 3.42. The Morgan fingerprint density at radius 1 is 1.12 bits per heavy atom. The molecule has 7 nitrogen and oxygen atoms in total. The number of amides is 2. The second-order valence-corrected chi connectivity index (χ2v) is 8.47. The highest BCUT2D eigenvalue weighted by Crippen LogP contribution is 2.33. The Balaban J connectivity index is 1.55. The van der Waals surface area contributed by atoms with Crippen molar-refractivity contribution in [2.75, 3.05) is 32.1 Å². The van der Waals surface area contributed by atoms with E-state index in [4.69, 9.17) is 4.74 Å². The fourth-order valence-corrected chi connectivity index (χ4v) is 4.38. The van der Waals surface area contributed by atoms with E-state index in [0.29, 0.717) is 37.5 Å². The molecule has 1 aliphatic rings. The summed E-state index contributed by atoms with van der Waals surface area (Å²) in [6, 6.07) is 17.1. The highest BCUT2D eigenvalue weighted by atomic mass is 16.5. The fraction of sp³-hybridized carbons (Fsp3) is 0.296. The molecule has 4 rings (SSSR count). The zero-order valence-electron chi connectivity index (χ0n) is 19.8. The molecule has 1 atom stereocenters. The van der Waals surface area contributed by atoms with Crippen molar-refractivity contribution in [1.29, 1.82) is 0 Å². The standard InChI is InChI=1S/C27H30N4O3/c1-19-10-11-22(15-24(19)29-17-21-7-6-12-28-16-21)27(33)30-13-14-31(20(2)32)25(18-30)23-8-4-5-9-26(23)34-3/h4-12,15-16,25,29H,13-14,17-18H2,1-3H3/t25-/m0/s1. The molecular formula is C27H30N4O3. The van der Waals surface area contributed by atoms with E-state index < -0.39 is 0 Å². The van der Waals surface area contributed by atoms with Crippen LogP contribution in [-0.2, 0) is 11.3 Å². The molecule has 0 aliphatic carbocycles. The van der Waals surface area contributed by atoms with E-state index in [1.54, 1.807) is 20.2 Å². The van der Waals surface area contributed by atoms with E-state index in [1.165, 1.54) is 0 Å². The van der Waals surface area contributed by atoms with Gasteiger partial charge in [-0.15, -0.1) is 0 Å². The van der Waals surface area contributed by atoms with Gasteiger partial charge in [0.05, 0.1) is 13.2 Å². The number of methoxy groups -OCH3 is 1. The van der Waals surface area contributed by atoms with Crippen LogP contribution in [0.5, 0.6) is 5.75 Å². The van der Waals surface area contributed by atoms with Crippen molar-refractivity contribution in [3.8, 4) is 5.75 Å². The number of hydrogen-bond donors (Lipinski definition) is 1. The lowest BCUT2D eigenvalue weighted by Crippen LogP contribution is -2.51. The normalized spacial score (nSPS) is 15.7. The minimum Gasteiger partial charge on any atom is -0.496 e. The molecule has 0 unspecified atom stereocenters. The summed E-state index contributed by atoms with van der Waals surface area (Å²) in [5.74, 6) is 0.651. The maximum absolute atomic E-state index is 13.5. The van der Waals surface area contributed by atoms with Gasteiger partial charge < -0.3 is 19.9 Å². The molecule has 2 heterocycles. The number of rotatable bonds is 6. The summed E-state index contributed by atoms with van der Waals surface area (Å²) >= 11 is 0. The number of nitrogens with zero attached hydrogens (tertiary/aromatic N) is 3. The van der Waals surface area contributed by atoms with E-state index >= 15 is 0 Å². The van der Waals surface area contributed by atoms with Crippen LogP contribution < -0.4 is 10.1 Å². The largest absolute Gasteiger partial charge is 0.496 e. The third-order valence-corrected chi connectivity index (χ3v) is 6.26. The first-order valence-corrected chi connectivity index (χ1v) is 11.4. The van der Waals surface area contributed by atoms with Crippen LogP contribution in [-0.4, -0.2) is 53.3 Å². The van der Waals surface area contributed by atoms with Crippen molar-refractivity contribution in [1.82, 2.24) is 14.8 Å². The number of para-hydroxylation sites is 1. The summed E-state index contributed by atoms with van der Waals surface area (Å²) in [7, 11) is 1.62. The minimum absolute atomic E-state index is 0.0137. The van der Waals surface area contributed by atoms with Crippen molar-refractivity contribution < 1.29 is 14.3 Å². The molecular weight excluding hydrogens is 428 g/mol. The number of aromatic nitrogens is 1. The smallest absolute Gasteiger partial charge is 0.254 e. The van der Waals surface area contributed by atoms with E-state index in [2.05, 4.69) is 10.3 Å². The number of hydrogen-bond acceptors (Lipinski definition) is 5. The predicted octanol–water partition coefficient (Wildman–Crippen LogP) is 4.06. The topological polar surface area (TPSA) is 74.8 Å². The van der Waals surface area contributed by atoms with E-state index in [0.717, 1.165) is 22.4 Å². The Morgan fingerprint density at radius 2 is 1.94 bits per heavy atom. The van der Waals surface area contributed by atoms with Crippen LogP contribution in [0.1, 0.15) is 40.0 Å². The highest BCUT2D eigenvalue weighted by Gasteiger charge is 2.34. The van der Waals surface area contributed by atoms with Crippen LogP contribution in [0, 0.1) is 6.92 Å². The van der Waals surface area contributed by atoms with Gasteiger partial charge in [0.15, 0.2) is 0 Å². The second kappa shape index (κ2) is 10.4. The van der Waals surface area contributed by atoms with E-state index in [9.17, 15) is 9.59 Å². The van der Waals surface area contributed by atoms with E-state index in [-0.39, 0.29) is 17.9 Å². The molecule has 0 radical (unpaired) electrons. The summed E-state index contributed by atoms with van der Waals surface area (Å²) in [6.45, 7) is 5.58. The Hall–Kier alpha value is -3.87. The molecule has 0 saturated carbocycles. The van der Waals surface area contributed by atoms with Crippen molar-refractivity contribution in [2.45, 2.75) is 26.4 Å². The Morgan fingerprint density at radius 3 is 2.68 bits per heavy atom. The van der Waals surface area contributed by atoms with Gasteiger partial charge in [-0.3, -0.25) is 14.6 Å². The maximum atomic E-state index is 13.5. The van der Waals surface area contributed by atoms with Crippen LogP contribution in [0.3, 0.4) is 0 Å². The molecule has 0 bridgehead atoms. The summed E-state index contributed by atoms with van der Waals surface area (Å²) < 4.78 is 5.55. The molecule has 3 aromatic rings. The lowest BCUT2D eigenvalue weighted by Gasteiger charge is -2.41. The first kappa shape index (κ1) is 23.3. The maximum Gasteiger partial charge on any atom is 0.254 e. The van der Waals surface area contributed by atoms with Crippen LogP contribution >= 0.6 is 0 Å². The predicted molar refractivity (Wildman–Crippen MR) is 132 cm³/mol. The number of anilines is 1. The van der Waals surface area contributed by atoms with Gasteiger partial charge >= 0.3 is 0 Å². The van der Waals surface area contributed by atoms with Gasteiger partial charge in [-0.05, 0) is 42.3 Å². The average molecular weight is 459 g/mol. The molecule has 1 aliphatic heterocycles. The first-order chi connectivity index (χ1) is 16.5. The number of pyridine rings is 1. The molecule has 0 spiro atoms. The van der Waals surface area contributed by atoms with Gasteiger partial charge in [0.25, 0.3) is 5.91 Å². The van der Waals surface area contributed by atoms with E-state index in [1.807, 2.05) is 77.5 Å². The summed E-state index contributed by atoms with van der Waals surface area (Å²) in [5.41, 5.74) is 4.57. The van der Waals surface area contributed by atoms with Crippen molar-refractivity contribution in [2.24, 2.45) is 0 Å². The summed E-state index contributed by atoms with van der Waals surface area (Å²) in [4.78, 5) is 33.7. The van der Waals surface area contributed by atoms with Crippen LogP contribution in [0.25, 0.3) is 0 Å². The number of aryl methyl sites for hydroxylation is 1. The average Bonchev–Trinajstić information content (AvgIpc) is 2.88. The lowest BCUT2D eigenvalue weighted by molar-refractivity contribution is -0.133. The van der Waals surface area contributed by atoms with Crippen LogP contribution in [0.15, 0.2) is 67.0 Å². The number of benzene rings is 2. The molecule has 2 amide bonds. The molecule has 1 aromatic heterocycles. The molecule has 176 valence electrons. The van der Waals surface area contributed by atoms with Crippen molar-refractivity contribution >= 4 is 17.5 Å². The minimum atomic E-state index is -0.264. The van der Waals surface area contributed by atoms with Gasteiger partial charge in [0.1, 0.15) is 5.75 Å². The quantitative estimate of drug-likeness (QED) is 0.603. The Labute approximate surface area is 200 Å². The SMILES string of the molecule is COc1ccccc1[C@@H]1CN(C(=O)c2ccc(C)c(NCc3cccnc3)c2)CCN1C(C)=O. The molecule has 1 N–H and O–H groups in total. The van der Waals surface area contributed by atoms with Crippen molar-refractivity contribution in [3.05, 3.63) is 89.2 Å². The van der Waals surface area contributed by atoms with Gasteiger partial charge in [-0.1, -0.05) is 30.3 Å². The highest BCUT2D eigenvalue weighted by molar-refractivity contribution is 5.95. The third-order valence-electron chi connectivity index (χ3n) is 6.26. The fourth-order valence-electron chi connectivity index (χ4n) is 4.38. The molecule has 2 aromatic carbocycles. The van der Waals surface area contributed by atoms with Gasteiger partial charge in [-0.25, -0.2) is 0 Å². The van der Waals surface area contributed by atoms with Crippen LogP contribution in [0.4, 0.5) is 5.69 Å². The van der Waals surface area contributed by atoms with Crippen molar-refractivity contribution in [3.63, 3.8) is 0 Å². The number of nitrogens with one attached hydrogen (secondary N) is 1.